The lowest BCUT2D eigenvalue weighted by atomic mass is 10.1. The summed E-state index contributed by atoms with van der Waals surface area (Å²) in [7, 11) is 3.48. The molecule has 0 bridgehead atoms. The van der Waals surface area contributed by atoms with E-state index in [2.05, 4.69) is 20.9 Å². The van der Waals surface area contributed by atoms with Crippen molar-refractivity contribution in [2.24, 2.45) is 4.99 Å². The summed E-state index contributed by atoms with van der Waals surface area (Å²) in [6.45, 7) is 9.21. The third-order valence-electron chi connectivity index (χ3n) is 3.53. The molecule has 7 nitrogen and oxygen atoms in total. The van der Waals surface area contributed by atoms with E-state index < -0.39 is 0 Å². The Hall–Kier alpha value is -1.84. The Bertz CT molecular complexity index is 669. The molecule has 3 N–H and O–H groups in total. The van der Waals surface area contributed by atoms with Crippen LogP contribution in [0.2, 0.25) is 0 Å². The van der Waals surface area contributed by atoms with Crippen LogP contribution in [0, 0.1) is 0 Å². The van der Waals surface area contributed by atoms with Crippen molar-refractivity contribution in [1.29, 1.82) is 0 Å². The Morgan fingerprint density at radius 3 is 2.39 bits per heavy atom. The van der Waals surface area contributed by atoms with Gasteiger partial charge >= 0.3 is 0 Å². The van der Waals surface area contributed by atoms with Gasteiger partial charge in [0.25, 0.3) is 5.91 Å². The van der Waals surface area contributed by atoms with Gasteiger partial charge in [-0.2, -0.15) is 0 Å². The monoisotopic (exact) mass is 503 g/mol. The van der Waals surface area contributed by atoms with Gasteiger partial charge in [-0.15, -0.1) is 24.0 Å². The number of benzene rings is 1. The fourth-order valence-corrected chi connectivity index (χ4v) is 2.39. The molecular formula is C20H34IN5O2. The first-order chi connectivity index (χ1) is 12.6. The van der Waals surface area contributed by atoms with Crippen LogP contribution in [0.25, 0.3) is 0 Å². The Labute approximate surface area is 185 Å². The highest BCUT2D eigenvalue weighted by Gasteiger charge is 2.13. The van der Waals surface area contributed by atoms with Gasteiger partial charge < -0.3 is 20.9 Å². The van der Waals surface area contributed by atoms with Crippen LogP contribution < -0.4 is 16.0 Å². The number of nitrogens with zero attached hydrogens (tertiary/aromatic N) is 2. The predicted octanol–water partition coefficient (Wildman–Crippen LogP) is 2.02. The van der Waals surface area contributed by atoms with E-state index in [4.69, 9.17) is 0 Å². The van der Waals surface area contributed by atoms with Gasteiger partial charge in [-0.1, -0.05) is 12.1 Å². The number of nitrogens with one attached hydrogen (secondary N) is 3. The summed E-state index contributed by atoms with van der Waals surface area (Å²) in [5.74, 6) is 0.473. The molecule has 0 aliphatic carbocycles. The van der Waals surface area contributed by atoms with Gasteiger partial charge in [0.05, 0.1) is 0 Å². The number of carbonyl (C=O) groups excluding carboxylic acids is 2. The SMILES string of the molecule is CCNC(=NCC(=O)NC(C)(C)C)NCCc1cccc(C(=O)N(C)C)c1.I. The fourth-order valence-electron chi connectivity index (χ4n) is 2.39. The molecule has 1 aromatic rings. The van der Waals surface area contributed by atoms with E-state index in [0.717, 1.165) is 12.0 Å². The highest BCUT2D eigenvalue weighted by atomic mass is 127. The average Bonchev–Trinajstić information content (AvgIpc) is 2.57. The molecule has 158 valence electrons. The van der Waals surface area contributed by atoms with Crippen molar-refractivity contribution >= 4 is 41.8 Å². The van der Waals surface area contributed by atoms with Crippen LogP contribution >= 0.6 is 24.0 Å². The molecule has 0 radical (unpaired) electrons. The Kier molecular flexibility index (Phi) is 11.8. The maximum absolute atomic E-state index is 12.1. The Morgan fingerprint density at radius 2 is 1.82 bits per heavy atom. The molecular weight excluding hydrogens is 469 g/mol. The fraction of sp³-hybridized carbons (Fsp3) is 0.550. The summed E-state index contributed by atoms with van der Waals surface area (Å²) in [6, 6.07) is 7.61. The van der Waals surface area contributed by atoms with Gasteiger partial charge in [-0.05, 0) is 51.8 Å². The molecule has 1 rings (SSSR count). The van der Waals surface area contributed by atoms with Crippen molar-refractivity contribution in [3.63, 3.8) is 0 Å². The van der Waals surface area contributed by atoms with Gasteiger partial charge in [0.2, 0.25) is 5.91 Å². The maximum Gasteiger partial charge on any atom is 0.253 e. The molecule has 0 atom stereocenters. The minimum atomic E-state index is -0.270. The van der Waals surface area contributed by atoms with Crippen LogP contribution in [0.1, 0.15) is 43.6 Å². The number of aliphatic imine (C=N–C) groups is 1. The van der Waals surface area contributed by atoms with E-state index in [0.29, 0.717) is 24.6 Å². The van der Waals surface area contributed by atoms with Gasteiger partial charge in [-0.25, -0.2) is 4.99 Å². The lowest BCUT2D eigenvalue weighted by Crippen LogP contribution is -2.43. The molecule has 0 fully saturated rings. The average molecular weight is 503 g/mol. The molecule has 8 heteroatoms. The maximum atomic E-state index is 12.1. The first kappa shape index (κ1) is 26.2. The Balaban J connectivity index is 0.00000729. The summed E-state index contributed by atoms with van der Waals surface area (Å²) in [6.07, 6.45) is 0.743. The van der Waals surface area contributed by atoms with Crippen LogP contribution in [0.3, 0.4) is 0 Å². The van der Waals surface area contributed by atoms with Crippen LogP contribution in [0.5, 0.6) is 0 Å². The zero-order valence-electron chi connectivity index (χ0n) is 17.8. The van der Waals surface area contributed by atoms with E-state index in [9.17, 15) is 9.59 Å². The van der Waals surface area contributed by atoms with Crippen LogP contribution in [-0.4, -0.2) is 61.9 Å². The molecule has 0 saturated carbocycles. The number of hydrogen-bond acceptors (Lipinski definition) is 3. The smallest absolute Gasteiger partial charge is 0.253 e. The standard InChI is InChI=1S/C20H33N5O2.HI/c1-7-21-19(23-14-17(26)24-20(2,3)4)22-12-11-15-9-8-10-16(13-15)18(27)25(5)6;/h8-10,13H,7,11-12,14H2,1-6H3,(H,24,26)(H2,21,22,23);1H. The first-order valence-electron chi connectivity index (χ1n) is 9.26. The van der Waals surface area contributed by atoms with E-state index in [1.54, 1.807) is 19.0 Å². The molecule has 28 heavy (non-hydrogen) atoms. The molecule has 0 aromatic heterocycles. The minimum absolute atomic E-state index is 0. The van der Waals surface area contributed by atoms with Crippen LogP contribution in [-0.2, 0) is 11.2 Å². The summed E-state index contributed by atoms with van der Waals surface area (Å²) >= 11 is 0. The van der Waals surface area contributed by atoms with Gasteiger partial charge in [0.1, 0.15) is 6.54 Å². The summed E-state index contributed by atoms with van der Waals surface area (Å²) in [5.41, 5.74) is 1.47. The third kappa shape index (κ3) is 10.5. The quantitative estimate of drug-likeness (QED) is 0.302. The van der Waals surface area contributed by atoms with Crippen molar-refractivity contribution in [2.45, 2.75) is 39.7 Å². The molecule has 0 saturated heterocycles. The predicted molar refractivity (Wildman–Crippen MR) is 125 cm³/mol. The van der Waals surface area contributed by atoms with E-state index in [1.807, 2.05) is 52.0 Å². The molecule has 0 aliphatic rings. The lowest BCUT2D eigenvalue weighted by Gasteiger charge is -2.20. The number of amides is 2. The molecule has 0 aliphatic heterocycles. The van der Waals surface area contributed by atoms with Gasteiger partial charge in [0, 0.05) is 38.3 Å². The molecule has 0 unspecified atom stereocenters. The number of guanidine groups is 1. The van der Waals surface area contributed by atoms with Crippen molar-refractivity contribution < 1.29 is 9.59 Å². The van der Waals surface area contributed by atoms with Crippen molar-refractivity contribution in [3.05, 3.63) is 35.4 Å². The highest BCUT2D eigenvalue weighted by molar-refractivity contribution is 14.0. The number of rotatable bonds is 7. The molecule has 2 amide bonds. The van der Waals surface area contributed by atoms with E-state index in [-0.39, 0.29) is 47.9 Å². The summed E-state index contributed by atoms with van der Waals surface area (Å²) < 4.78 is 0. The number of hydrogen-bond donors (Lipinski definition) is 3. The molecule has 1 aromatic carbocycles. The van der Waals surface area contributed by atoms with E-state index in [1.165, 1.54) is 0 Å². The zero-order valence-corrected chi connectivity index (χ0v) is 20.1. The topological polar surface area (TPSA) is 85.8 Å². The molecule has 0 spiro atoms. The summed E-state index contributed by atoms with van der Waals surface area (Å²) in [4.78, 5) is 29.8. The van der Waals surface area contributed by atoms with Crippen molar-refractivity contribution in [1.82, 2.24) is 20.9 Å². The second-order valence-corrected chi connectivity index (χ2v) is 7.57. The second kappa shape index (κ2) is 12.6. The lowest BCUT2D eigenvalue weighted by molar-refractivity contribution is -0.121. The third-order valence-corrected chi connectivity index (χ3v) is 3.53. The Morgan fingerprint density at radius 1 is 1.14 bits per heavy atom. The van der Waals surface area contributed by atoms with Gasteiger partial charge in [-0.3, -0.25) is 9.59 Å². The molecule has 0 heterocycles. The van der Waals surface area contributed by atoms with Crippen molar-refractivity contribution in [2.75, 3.05) is 33.7 Å². The highest BCUT2D eigenvalue weighted by Crippen LogP contribution is 2.07. The minimum Gasteiger partial charge on any atom is -0.357 e. The normalized spacial score (nSPS) is 11.3. The van der Waals surface area contributed by atoms with Crippen LogP contribution in [0.4, 0.5) is 0 Å². The van der Waals surface area contributed by atoms with E-state index >= 15 is 0 Å². The number of carbonyl (C=O) groups is 2. The number of halogens is 1. The van der Waals surface area contributed by atoms with Crippen LogP contribution in [0.15, 0.2) is 29.3 Å². The second-order valence-electron chi connectivity index (χ2n) is 7.57. The van der Waals surface area contributed by atoms with Gasteiger partial charge in [0.15, 0.2) is 5.96 Å². The zero-order chi connectivity index (χ0) is 20.4. The first-order valence-corrected chi connectivity index (χ1v) is 9.26. The largest absolute Gasteiger partial charge is 0.357 e. The van der Waals surface area contributed by atoms with Crippen molar-refractivity contribution in [3.8, 4) is 0 Å². The summed E-state index contributed by atoms with van der Waals surface area (Å²) in [5, 5.41) is 9.24.